The van der Waals surface area contributed by atoms with Gasteiger partial charge in [0.25, 0.3) is 0 Å². The van der Waals surface area contributed by atoms with Crippen molar-refractivity contribution < 1.29 is 13.9 Å². The molecule has 0 spiro atoms. The molecule has 1 amide bonds. The predicted octanol–water partition coefficient (Wildman–Crippen LogP) is 2.15. The van der Waals surface area contributed by atoms with Gasteiger partial charge < -0.3 is 15.8 Å². The molecular formula is C15H23FN2O2. The monoisotopic (exact) mass is 282 g/mol. The highest BCUT2D eigenvalue weighted by atomic mass is 19.1. The molecule has 1 atom stereocenters. The van der Waals surface area contributed by atoms with Gasteiger partial charge in [-0.25, -0.2) is 4.39 Å². The number of primary amides is 1. The molecular weight excluding hydrogens is 259 g/mol. The molecule has 112 valence electrons. The highest BCUT2D eigenvalue weighted by molar-refractivity contribution is 5.84. The average Bonchev–Trinajstić information content (AvgIpc) is 2.32. The zero-order valence-electron chi connectivity index (χ0n) is 12.5. The van der Waals surface area contributed by atoms with E-state index < -0.39 is 11.4 Å². The first-order valence-corrected chi connectivity index (χ1v) is 6.71. The number of hydrogen-bond donors (Lipinski definition) is 2. The van der Waals surface area contributed by atoms with Gasteiger partial charge in [-0.15, -0.1) is 0 Å². The zero-order chi connectivity index (χ0) is 15.3. The van der Waals surface area contributed by atoms with Crippen LogP contribution in [-0.4, -0.2) is 24.1 Å². The van der Waals surface area contributed by atoms with Crippen molar-refractivity contribution in [2.45, 2.75) is 45.7 Å². The largest absolute Gasteiger partial charge is 0.493 e. The van der Waals surface area contributed by atoms with E-state index >= 15 is 0 Å². The molecule has 1 rings (SSSR count). The summed E-state index contributed by atoms with van der Waals surface area (Å²) in [5, 5.41) is 3.14. The number of nitrogens with two attached hydrogens (primary N) is 1. The maximum absolute atomic E-state index is 13.1. The number of ether oxygens (including phenoxy) is 1. The lowest BCUT2D eigenvalue weighted by molar-refractivity contribution is -0.124. The number of carbonyl (C=O) groups excluding carboxylic acids is 1. The second-order valence-corrected chi connectivity index (χ2v) is 5.50. The molecule has 1 aromatic carbocycles. The van der Waals surface area contributed by atoms with Crippen LogP contribution in [0.25, 0.3) is 0 Å². The lowest BCUT2D eigenvalue weighted by atomic mass is 9.96. The minimum Gasteiger partial charge on any atom is -0.493 e. The summed E-state index contributed by atoms with van der Waals surface area (Å²) in [6.45, 7) is 7.76. The number of amides is 1. The molecule has 0 aliphatic carbocycles. The van der Waals surface area contributed by atoms with Crippen LogP contribution in [0.15, 0.2) is 18.2 Å². The van der Waals surface area contributed by atoms with E-state index in [2.05, 4.69) is 5.32 Å². The Labute approximate surface area is 119 Å². The van der Waals surface area contributed by atoms with E-state index in [4.69, 9.17) is 10.5 Å². The fourth-order valence-electron chi connectivity index (χ4n) is 2.00. The Morgan fingerprint density at radius 1 is 1.50 bits per heavy atom. The van der Waals surface area contributed by atoms with Crippen molar-refractivity contribution in [3.8, 4) is 5.75 Å². The number of rotatable bonds is 7. The van der Waals surface area contributed by atoms with Crippen LogP contribution in [0.3, 0.4) is 0 Å². The van der Waals surface area contributed by atoms with Gasteiger partial charge in [-0.1, -0.05) is 6.07 Å². The first kappa shape index (κ1) is 16.4. The van der Waals surface area contributed by atoms with Gasteiger partial charge in [-0.05, 0) is 39.3 Å². The molecule has 0 aromatic heterocycles. The number of hydrogen-bond acceptors (Lipinski definition) is 3. The van der Waals surface area contributed by atoms with Crippen LogP contribution in [0.2, 0.25) is 0 Å². The van der Waals surface area contributed by atoms with Crippen LogP contribution < -0.4 is 15.8 Å². The topological polar surface area (TPSA) is 64.3 Å². The minimum atomic E-state index is -0.838. The Kier molecular flexibility index (Phi) is 5.51. The Bertz CT molecular complexity index is 477. The lowest BCUT2D eigenvalue weighted by Gasteiger charge is -2.29. The van der Waals surface area contributed by atoms with Gasteiger partial charge in [0.2, 0.25) is 5.91 Å². The maximum Gasteiger partial charge on any atom is 0.237 e. The van der Waals surface area contributed by atoms with E-state index in [1.165, 1.54) is 12.1 Å². The van der Waals surface area contributed by atoms with E-state index in [0.29, 0.717) is 12.2 Å². The molecule has 3 N–H and O–H groups in total. The van der Waals surface area contributed by atoms with Crippen LogP contribution in [-0.2, 0) is 4.79 Å². The zero-order valence-corrected chi connectivity index (χ0v) is 12.5. The van der Waals surface area contributed by atoms with Crippen molar-refractivity contribution >= 4 is 5.91 Å². The Morgan fingerprint density at radius 2 is 2.15 bits per heavy atom. The summed E-state index contributed by atoms with van der Waals surface area (Å²) in [6.07, 6.45) is 0.413. The SMILES string of the molecule is Cc1ccc(F)cc1OCCC(C)(NC(C)C)C(N)=O. The number of halogens is 1. The second-order valence-electron chi connectivity index (χ2n) is 5.50. The summed E-state index contributed by atoms with van der Waals surface area (Å²) in [4.78, 5) is 11.6. The van der Waals surface area contributed by atoms with E-state index in [9.17, 15) is 9.18 Å². The fraction of sp³-hybridized carbons (Fsp3) is 0.533. The van der Waals surface area contributed by atoms with Gasteiger partial charge in [-0.2, -0.15) is 0 Å². The average molecular weight is 282 g/mol. The molecule has 0 aliphatic heterocycles. The van der Waals surface area contributed by atoms with Gasteiger partial charge >= 0.3 is 0 Å². The first-order valence-electron chi connectivity index (χ1n) is 6.71. The molecule has 0 saturated carbocycles. The molecule has 0 saturated heterocycles. The van der Waals surface area contributed by atoms with Gasteiger partial charge in [0.05, 0.1) is 12.1 Å². The third-order valence-electron chi connectivity index (χ3n) is 3.16. The fourth-order valence-corrected chi connectivity index (χ4v) is 2.00. The number of nitrogens with one attached hydrogen (secondary N) is 1. The van der Waals surface area contributed by atoms with Gasteiger partial charge in [0.1, 0.15) is 11.6 Å². The summed E-state index contributed by atoms with van der Waals surface area (Å²) in [5.74, 6) is -0.282. The van der Waals surface area contributed by atoms with Crippen molar-refractivity contribution in [1.82, 2.24) is 5.32 Å². The van der Waals surface area contributed by atoms with Crippen LogP contribution >= 0.6 is 0 Å². The summed E-state index contributed by atoms with van der Waals surface area (Å²) in [5.41, 5.74) is 5.45. The smallest absolute Gasteiger partial charge is 0.237 e. The Hall–Kier alpha value is -1.62. The Balaban J connectivity index is 2.65. The third-order valence-corrected chi connectivity index (χ3v) is 3.16. The van der Waals surface area contributed by atoms with Crippen LogP contribution in [0, 0.1) is 12.7 Å². The van der Waals surface area contributed by atoms with Crippen molar-refractivity contribution in [3.63, 3.8) is 0 Å². The van der Waals surface area contributed by atoms with Gasteiger partial charge in [-0.3, -0.25) is 4.79 Å². The van der Waals surface area contributed by atoms with Crippen molar-refractivity contribution in [2.75, 3.05) is 6.61 Å². The molecule has 5 heteroatoms. The summed E-state index contributed by atoms with van der Waals surface area (Å²) >= 11 is 0. The molecule has 1 aromatic rings. The summed E-state index contributed by atoms with van der Waals surface area (Å²) < 4.78 is 18.7. The third kappa shape index (κ3) is 4.49. The second kappa shape index (κ2) is 6.70. The molecule has 0 fully saturated rings. The lowest BCUT2D eigenvalue weighted by Crippen LogP contribution is -2.56. The Morgan fingerprint density at radius 3 is 2.70 bits per heavy atom. The normalized spacial score (nSPS) is 14.1. The highest BCUT2D eigenvalue weighted by Crippen LogP contribution is 2.20. The molecule has 0 bridgehead atoms. The predicted molar refractivity (Wildman–Crippen MR) is 77.1 cm³/mol. The molecule has 20 heavy (non-hydrogen) atoms. The van der Waals surface area contributed by atoms with Crippen molar-refractivity contribution in [1.29, 1.82) is 0 Å². The summed E-state index contributed by atoms with van der Waals surface area (Å²) in [6, 6.07) is 4.51. The first-order chi connectivity index (χ1) is 9.24. The molecule has 1 unspecified atom stereocenters. The van der Waals surface area contributed by atoms with Crippen molar-refractivity contribution in [3.05, 3.63) is 29.6 Å². The van der Waals surface area contributed by atoms with Crippen LogP contribution in [0.4, 0.5) is 4.39 Å². The molecule has 0 heterocycles. The number of aryl methyl sites for hydroxylation is 1. The standard InChI is InChI=1S/C15H23FN2O2/c1-10(2)18-15(4,14(17)19)7-8-20-13-9-12(16)6-5-11(13)3/h5-6,9-10,18H,7-8H2,1-4H3,(H2,17,19). The number of benzene rings is 1. The van der Waals surface area contributed by atoms with Gasteiger partial charge in [0.15, 0.2) is 0 Å². The van der Waals surface area contributed by atoms with Crippen molar-refractivity contribution in [2.24, 2.45) is 5.73 Å². The quantitative estimate of drug-likeness (QED) is 0.805. The molecule has 0 aliphatic rings. The maximum atomic E-state index is 13.1. The minimum absolute atomic E-state index is 0.128. The molecule has 0 radical (unpaired) electrons. The highest BCUT2D eigenvalue weighted by Gasteiger charge is 2.31. The van der Waals surface area contributed by atoms with E-state index in [1.54, 1.807) is 13.0 Å². The van der Waals surface area contributed by atoms with E-state index in [-0.39, 0.29) is 18.5 Å². The molecule has 4 nitrogen and oxygen atoms in total. The van der Waals surface area contributed by atoms with E-state index in [0.717, 1.165) is 5.56 Å². The number of carbonyl (C=O) groups is 1. The van der Waals surface area contributed by atoms with Crippen LogP contribution in [0.1, 0.15) is 32.8 Å². The van der Waals surface area contributed by atoms with Crippen LogP contribution in [0.5, 0.6) is 5.75 Å². The van der Waals surface area contributed by atoms with Gasteiger partial charge in [0, 0.05) is 18.5 Å². The van der Waals surface area contributed by atoms with E-state index in [1.807, 2.05) is 20.8 Å². The summed E-state index contributed by atoms with van der Waals surface area (Å²) in [7, 11) is 0.